The molecule has 0 N–H and O–H groups in total. The Morgan fingerprint density at radius 3 is 2.41 bits per heavy atom. The molecule has 0 fully saturated rings. The fraction of sp³-hybridized carbons (Fsp3) is 0.321. The molecule has 0 saturated heterocycles. The van der Waals surface area contributed by atoms with E-state index in [0.29, 0.717) is 0 Å². The van der Waals surface area contributed by atoms with Gasteiger partial charge in [0.2, 0.25) is 0 Å². The number of fused-ring (bicyclic) bond motifs is 3. The van der Waals surface area contributed by atoms with Crippen LogP contribution in [-0.4, -0.2) is 22.4 Å². The first-order valence-corrected chi connectivity index (χ1v) is 12.3. The molecule has 0 saturated carbocycles. The van der Waals surface area contributed by atoms with E-state index >= 15 is 0 Å². The largest absolute Gasteiger partial charge is 0.460 e. The summed E-state index contributed by atoms with van der Waals surface area (Å²) in [6.45, 7) is 8.78. The van der Waals surface area contributed by atoms with Crippen LogP contribution in [0, 0.1) is 6.92 Å². The Morgan fingerprint density at radius 1 is 1.03 bits per heavy atom. The molecule has 3 aromatic carbocycles. The van der Waals surface area contributed by atoms with Gasteiger partial charge >= 0.3 is 5.97 Å². The number of thioether (sulfide) groups is 1. The number of esters is 1. The van der Waals surface area contributed by atoms with Gasteiger partial charge in [0.25, 0.3) is 0 Å². The molecule has 4 heteroatoms. The third-order valence-electron chi connectivity index (χ3n) is 5.69. The van der Waals surface area contributed by atoms with E-state index in [0.717, 1.165) is 18.5 Å². The molecule has 3 nitrogen and oxygen atoms in total. The van der Waals surface area contributed by atoms with Gasteiger partial charge in [-0.1, -0.05) is 54.6 Å². The molecule has 0 aliphatic rings. The van der Waals surface area contributed by atoms with Crippen LogP contribution < -0.4 is 0 Å². The van der Waals surface area contributed by atoms with Gasteiger partial charge < -0.3 is 9.30 Å². The third kappa shape index (κ3) is 4.56. The number of hydrogen-bond donors (Lipinski definition) is 0. The van der Waals surface area contributed by atoms with Crippen LogP contribution >= 0.6 is 11.8 Å². The molecular formula is C28H31NO2S. The van der Waals surface area contributed by atoms with Gasteiger partial charge in [-0.25, -0.2) is 0 Å². The monoisotopic (exact) mass is 445 g/mol. The van der Waals surface area contributed by atoms with Gasteiger partial charge in [-0.2, -0.15) is 0 Å². The minimum Gasteiger partial charge on any atom is -0.460 e. The SMILES string of the molecule is CSc1c(CC(=O)OC(C)(C)C)cc(C)c2c3ccccc3n(CCc3ccccc3)c12. The maximum Gasteiger partial charge on any atom is 0.310 e. The molecule has 1 heterocycles. The van der Waals surface area contributed by atoms with Crippen molar-refractivity contribution in [3.63, 3.8) is 0 Å². The second-order valence-electron chi connectivity index (χ2n) is 9.28. The van der Waals surface area contributed by atoms with Crippen molar-refractivity contribution in [3.05, 3.63) is 77.4 Å². The van der Waals surface area contributed by atoms with Crippen LogP contribution in [0.1, 0.15) is 37.5 Å². The van der Waals surface area contributed by atoms with Gasteiger partial charge in [0.15, 0.2) is 0 Å². The van der Waals surface area contributed by atoms with Crippen LogP contribution in [-0.2, 0) is 28.9 Å². The first-order valence-electron chi connectivity index (χ1n) is 11.1. The predicted octanol–water partition coefficient (Wildman–Crippen LogP) is 6.95. The zero-order valence-corrected chi connectivity index (χ0v) is 20.4. The summed E-state index contributed by atoms with van der Waals surface area (Å²) in [5.41, 5.74) is 5.55. The van der Waals surface area contributed by atoms with Crippen molar-refractivity contribution in [2.75, 3.05) is 6.26 Å². The fourth-order valence-corrected chi connectivity index (χ4v) is 5.30. The molecule has 1 aromatic heterocycles. The minimum atomic E-state index is -0.486. The molecular weight excluding hydrogens is 414 g/mol. The van der Waals surface area contributed by atoms with Gasteiger partial charge in [-0.15, -0.1) is 11.8 Å². The summed E-state index contributed by atoms with van der Waals surface area (Å²) in [5.74, 6) is -0.182. The summed E-state index contributed by atoms with van der Waals surface area (Å²) in [5, 5.41) is 2.55. The number of aromatic nitrogens is 1. The van der Waals surface area contributed by atoms with Crippen LogP contribution in [0.15, 0.2) is 65.6 Å². The van der Waals surface area contributed by atoms with Gasteiger partial charge in [0.05, 0.1) is 11.9 Å². The molecule has 0 radical (unpaired) electrons. The normalized spacial score (nSPS) is 11.9. The van der Waals surface area contributed by atoms with Gasteiger partial charge in [-0.3, -0.25) is 4.79 Å². The fourth-order valence-electron chi connectivity index (χ4n) is 4.50. The van der Waals surface area contributed by atoms with Crippen molar-refractivity contribution >= 4 is 39.5 Å². The van der Waals surface area contributed by atoms with Crippen molar-refractivity contribution in [1.29, 1.82) is 0 Å². The number of nitrogens with zero attached hydrogens (tertiary/aromatic N) is 1. The highest BCUT2D eigenvalue weighted by Crippen LogP contribution is 2.39. The van der Waals surface area contributed by atoms with E-state index < -0.39 is 5.60 Å². The second kappa shape index (κ2) is 9.03. The minimum absolute atomic E-state index is 0.182. The molecule has 0 aliphatic heterocycles. The molecule has 0 unspecified atom stereocenters. The topological polar surface area (TPSA) is 31.2 Å². The lowest BCUT2D eigenvalue weighted by Crippen LogP contribution is -2.25. The van der Waals surface area contributed by atoms with Crippen molar-refractivity contribution in [3.8, 4) is 0 Å². The lowest BCUT2D eigenvalue weighted by Gasteiger charge is -2.20. The average molecular weight is 446 g/mol. The zero-order chi connectivity index (χ0) is 22.9. The Bertz CT molecular complexity index is 1270. The van der Waals surface area contributed by atoms with E-state index in [2.05, 4.69) is 78.4 Å². The Kier molecular flexibility index (Phi) is 6.34. The van der Waals surface area contributed by atoms with Crippen LogP contribution in [0.4, 0.5) is 0 Å². The number of carbonyl (C=O) groups is 1. The van der Waals surface area contributed by atoms with E-state index in [-0.39, 0.29) is 12.4 Å². The average Bonchev–Trinajstić information content (AvgIpc) is 3.06. The number of rotatable bonds is 6. The highest BCUT2D eigenvalue weighted by atomic mass is 32.2. The van der Waals surface area contributed by atoms with E-state index in [1.807, 2.05) is 20.8 Å². The number of aryl methyl sites for hydroxylation is 3. The highest BCUT2D eigenvalue weighted by molar-refractivity contribution is 7.98. The number of para-hydroxylation sites is 1. The summed E-state index contributed by atoms with van der Waals surface area (Å²) in [4.78, 5) is 13.8. The molecule has 0 amide bonds. The first-order chi connectivity index (χ1) is 15.3. The summed E-state index contributed by atoms with van der Waals surface area (Å²) in [6.07, 6.45) is 3.34. The first kappa shape index (κ1) is 22.5. The summed E-state index contributed by atoms with van der Waals surface area (Å²) in [7, 11) is 0. The molecule has 4 aromatic rings. The number of ether oxygens (including phenoxy) is 1. The van der Waals surface area contributed by atoms with Gasteiger partial charge in [0, 0.05) is 27.7 Å². The highest BCUT2D eigenvalue weighted by Gasteiger charge is 2.22. The van der Waals surface area contributed by atoms with Crippen molar-refractivity contribution in [2.45, 2.75) is 57.6 Å². The van der Waals surface area contributed by atoms with E-state index in [4.69, 9.17) is 4.74 Å². The lowest BCUT2D eigenvalue weighted by atomic mass is 10.0. The van der Waals surface area contributed by atoms with Crippen LogP contribution in [0.25, 0.3) is 21.8 Å². The van der Waals surface area contributed by atoms with Gasteiger partial charge in [-0.05, 0) is 63.1 Å². The Hall–Kier alpha value is -2.72. The Balaban J connectivity index is 1.86. The molecule has 0 atom stereocenters. The standard InChI is InChI=1S/C28H31NO2S/c1-19-17-21(18-24(30)31-28(2,3)4)27(32-5)26-25(19)22-13-9-10-14-23(22)29(26)16-15-20-11-7-6-8-12-20/h6-14,17H,15-16,18H2,1-5H3. The second-order valence-corrected chi connectivity index (χ2v) is 10.1. The summed E-state index contributed by atoms with van der Waals surface area (Å²) >= 11 is 1.72. The quantitative estimate of drug-likeness (QED) is 0.238. The van der Waals surface area contributed by atoms with Crippen molar-refractivity contribution in [1.82, 2.24) is 4.57 Å². The summed E-state index contributed by atoms with van der Waals surface area (Å²) < 4.78 is 8.07. The van der Waals surface area contributed by atoms with E-state index in [1.165, 1.54) is 37.8 Å². The van der Waals surface area contributed by atoms with Crippen LogP contribution in [0.3, 0.4) is 0 Å². The van der Waals surface area contributed by atoms with Crippen LogP contribution in [0.2, 0.25) is 0 Å². The molecule has 4 rings (SSSR count). The molecule has 0 bridgehead atoms. The van der Waals surface area contributed by atoms with E-state index in [9.17, 15) is 4.79 Å². The Labute approximate surface area is 194 Å². The molecule has 32 heavy (non-hydrogen) atoms. The third-order valence-corrected chi connectivity index (χ3v) is 6.55. The number of hydrogen-bond acceptors (Lipinski definition) is 3. The maximum atomic E-state index is 12.7. The molecule has 166 valence electrons. The number of benzene rings is 3. The van der Waals surface area contributed by atoms with Crippen molar-refractivity contribution in [2.24, 2.45) is 0 Å². The Morgan fingerprint density at radius 2 is 1.72 bits per heavy atom. The summed E-state index contributed by atoms with van der Waals surface area (Å²) in [6, 6.07) is 21.4. The van der Waals surface area contributed by atoms with Crippen molar-refractivity contribution < 1.29 is 9.53 Å². The van der Waals surface area contributed by atoms with Crippen LogP contribution in [0.5, 0.6) is 0 Å². The zero-order valence-electron chi connectivity index (χ0n) is 19.6. The molecule has 0 spiro atoms. The lowest BCUT2D eigenvalue weighted by molar-refractivity contribution is -0.153. The predicted molar refractivity (Wildman–Crippen MR) is 136 cm³/mol. The maximum absolute atomic E-state index is 12.7. The van der Waals surface area contributed by atoms with Gasteiger partial charge in [0.1, 0.15) is 5.60 Å². The smallest absolute Gasteiger partial charge is 0.310 e. The number of carbonyl (C=O) groups excluding carboxylic acids is 1. The van der Waals surface area contributed by atoms with E-state index in [1.54, 1.807) is 11.8 Å². The molecule has 0 aliphatic carbocycles.